The first kappa shape index (κ1) is 25.1. The van der Waals surface area contributed by atoms with Crippen molar-refractivity contribution in [3.63, 3.8) is 0 Å². The van der Waals surface area contributed by atoms with Crippen molar-refractivity contribution in [3.8, 4) is 0 Å². The second-order valence-corrected chi connectivity index (χ2v) is 7.80. The number of pyridine rings is 1. The van der Waals surface area contributed by atoms with Gasteiger partial charge in [-0.1, -0.05) is 12.2 Å². The van der Waals surface area contributed by atoms with E-state index in [0.717, 1.165) is 17.4 Å². The second-order valence-electron chi connectivity index (χ2n) is 6.77. The van der Waals surface area contributed by atoms with E-state index >= 15 is 0 Å². The molecule has 7 nitrogen and oxygen atoms in total. The predicted molar refractivity (Wildman–Crippen MR) is 126 cm³/mol. The van der Waals surface area contributed by atoms with Gasteiger partial charge in [0.25, 0.3) is 0 Å². The van der Waals surface area contributed by atoms with Crippen LogP contribution in [0.1, 0.15) is 16.6 Å². The number of halogens is 3. The molecule has 0 aliphatic carbocycles. The number of hydrogen-bond donors (Lipinski definition) is 1. The Morgan fingerprint density at radius 2 is 2.03 bits per heavy atom. The van der Waals surface area contributed by atoms with Crippen LogP contribution in [0.2, 0.25) is 0 Å². The smallest absolute Gasteiger partial charge is 0.377 e. The highest BCUT2D eigenvalue weighted by molar-refractivity contribution is 7.21. The summed E-state index contributed by atoms with van der Waals surface area (Å²) in [6.07, 6.45) is 5.60. The third-order valence-corrected chi connectivity index (χ3v) is 5.13. The molecule has 32 heavy (non-hydrogen) atoms. The number of fused-ring (bicyclic) bond motifs is 1. The fourth-order valence-electron chi connectivity index (χ4n) is 2.65. The van der Waals surface area contributed by atoms with Gasteiger partial charge in [0, 0.05) is 40.1 Å². The Balaban J connectivity index is 2.16. The van der Waals surface area contributed by atoms with Crippen molar-refractivity contribution in [2.24, 2.45) is 9.98 Å². The standard InChI is InChI=1S/C21H25F3N6OS/c1-5-6-9-26-20(21(22,23)24)27-10-7-12-30(4)14-28-18-16(13-31)32-19-17(18)15(29(2)3)8-11-25-19/h5-8,11-14H,9-10H2,1-4H3,(H,26,27)/b6-5-,12-7+,28-14?. The molecule has 0 saturated carbocycles. The maximum absolute atomic E-state index is 13.0. The van der Waals surface area contributed by atoms with E-state index in [0.29, 0.717) is 15.4 Å². The monoisotopic (exact) mass is 466 g/mol. The molecule has 0 aliphatic heterocycles. The lowest BCUT2D eigenvalue weighted by Crippen LogP contribution is -2.37. The molecule has 0 amide bonds. The van der Waals surface area contributed by atoms with Gasteiger partial charge in [-0.2, -0.15) is 13.2 Å². The van der Waals surface area contributed by atoms with Crippen LogP contribution in [0.25, 0.3) is 10.2 Å². The molecule has 0 radical (unpaired) electrons. The molecule has 172 valence electrons. The number of aromatic nitrogens is 1. The van der Waals surface area contributed by atoms with E-state index in [-0.39, 0.29) is 13.1 Å². The number of nitrogens with zero attached hydrogens (tertiary/aromatic N) is 5. The lowest BCUT2D eigenvalue weighted by Gasteiger charge is -2.14. The zero-order valence-electron chi connectivity index (χ0n) is 18.2. The topological polar surface area (TPSA) is 73.2 Å². The fourth-order valence-corrected chi connectivity index (χ4v) is 3.58. The Morgan fingerprint density at radius 1 is 1.28 bits per heavy atom. The number of aliphatic imine (C=N–C) groups is 2. The average Bonchev–Trinajstić information content (AvgIpc) is 3.10. The number of carbonyl (C=O) groups is 1. The SMILES string of the molecule is C/C=C\CNC(=NC/C=C/N(C)C=Nc1c(C=O)sc2nccc(N(C)C)c12)C(F)(F)F. The third-order valence-electron chi connectivity index (χ3n) is 4.12. The minimum Gasteiger partial charge on any atom is -0.377 e. The van der Waals surface area contributed by atoms with Crippen LogP contribution in [0.15, 0.2) is 46.7 Å². The van der Waals surface area contributed by atoms with Gasteiger partial charge in [0.15, 0.2) is 6.29 Å². The molecule has 2 heterocycles. The summed E-state index contributed by atoms with van der Waals surface area (Å²) in [5.74, 6) is -1.03. The van der Waals surface area contributed by atoms with E-state index in [1.807, 2.05) is 25.1 Å². The van der Waals surface area contributed by atoms with Gasteiger partial charge in [0.05, 0.1) is 34.5 Å². The maximum Gasteiger partial charge on any atom is 0.448 e. The largest absolute Gasteiger partial charge is 0.448 e. The molecule has 0 saturated heterocycles. The van der Waals surface area contributed by atoms with E-state index in [1.165, 1.54) is 23.8 Å². The number of alkyl halides is 3. The number of carbonyl (C=O) groups excluding carboxylic acids is 1. The molecule has 1 N–H and O–H groups in total. The van der Waals surface area contributed by atoms with Gasteiger partial charge in [-0.25, -0.2) is 9.98 Å². The molecule has 0 fully saturated rings. The lowest BCUT2D eigenvalue weighted by atomic mass is 10.2. The van der Waals surface area contributed by atoms with Crippen LogP contribution in [-0.4, -0.2) is 68.8 Å². The van der Waals surface area contributed by atoms with Crippen LogP contribution in [0, 0.1) is 0 Å². The number of hydrogen-bond acceptors (Lipinski definition) is 6. The van der Waals surface area contributed by atoms with E-state index in [9.17, 15) is 18.0 Å². The van der Waals surface area contributed by atoms with Crippen molar-refractivity contribution in [1.29, 1.82) is 0 Å². The highest BCUT2D eigenvalue weighted by Gasteiger charge is 2.35. The number of amidine groups is 1. The Morgan fingerprint density at radius 3 is 2.66 bits per heavy atom. The van der Waals surface area contributed by atoms with Crippen LogP contribution in [0.5, 0.6) is 0 Å². The van der Waals surface area contributed by atoms with Gasteiger partial charge < -0.3 is 15.1 Å². The second kappa shape index (κ2) is 11.4. The highest BCUT2D eigenvalue weighted by atomic mass is 32.1. The van der Waals surface area contributed by atoms with Gasteiger partial charge in [0.1, 0.15) is 4.83 Å². The van der Waals surface area contributed by atoms with Crippen LogP contribution in [0.3, 0.4) is 0 Å². The van der Waals surface area contributed by atoms with Gasteiger partial charge in [-0.15, -0.1) is 11.3 Å². The minimum absolute atomic E-state index is 0.0442. The molecule has 0 bridgehead atoms. The molecule has 0 aliphatic rings. The first-order valence-corrected chi connectivity index (χ1v) is 10.4. The van der Waals surface area contributed by atoms with Crippen LogP contribution >= 0.6 is 11.3 Å². The van der Waals surface area contributed by atoms with E-state index in [2.05, 4.69) is 20.3 Å². The van der Waals surface area contributed by atoms with Gasteiger partial charge in [-0.05, 0) is 19.1 Å². The third kappa shape index (κ3) is 6.64. The number of allylic oxidation sites excluding steroid dienone is 1. The quantitative estimate of drug-likeness (QED) is 0.257. The van der Waals surface area contributed by atoms with Crippen molar-refractivity contribution in [1.82, 2.24) is 15.2 Å². The normalized spacial score (nSPS) is 13.0. The molecule has 0 atom stereocenters. The molecule has 2 aromatic heterocycles. The summed E-state index contributed by atoms with van der Waals surface area (Å²) in [6, 6.07) is 1.84. The van der Waals surface area contributed by atoms with Crippen molar-refractivity contribution < 1.29 is 18.0 Å². The molecule has 0 unspecified atom stereocenters. The summed E-state index contributed by atoms with van der Waals surface area (Å²) in [6.45, 7) is 1.61. The Bertz CT molecular complexity index is 1040. The number of anilines is 1. The molecule has 2 rings (SSSR count). The molecule has 2 aromatic rings. The maximum atomic E-state index is 13.0. The molecule has 11 heteroatoms. The number of aldehydes is 1. The summed E-state index contributed by atoms with van der Waals surface area (Å²) in [4.78, 5) is 28.5. The van der Waals surface area contributed by atoms with Crippen molar-refractivity contribution in [2.75, 3.05) is 39.1 Å². The van der Waals surface area contributed by atoms with E-state index < -0.39 is 12.0 Å². The first-order chi connectivity index (χ1) is 15.2. The fraction of sp³-hybridized carbons (Fsp3) is 0.333. The minimum atomic E-state index is -4.55. The average molecular weight is 467 g/mol. The lowest BCUT2D eigenvalue weighted by molar-refractivity contribution is -0.0618. The van der Waals surface area contributed by atoms with E-state index in [1.54, 1.807) is 43.4 Å². The summed E-state index contributed by atoms with van der Waals surface area (Å²) in [5, 5.41) is 3.03. The number of rotatable bonds is 9. The van der Waals surface area contributed by atoms with Gasteiger partial charge in [-0.3, -0.25) is 9.79 Å². The van der Waals surface area contributed by atoms with Gasteiger partial charge in [0.2, 0.25) is 5.84 Å². The van der Waals surface area contributed by atoms with Crippen molar-refractivity contribution in [2.45, 2.75) is 13.1 Å². The Hall–Kier alpha value is -3.21. The number of thiophene rings is 1. The molecule has 0 spiro atoms. The van der Waals surface area contributed by atoms with Gasteiger partial charge >= 0.3 is 6.18 Å². The zero-order valence-corrected chi connectivity index (χ0v) is 19.0. The zero-order chi connectivity index (χ0) is 23.7. The number of nitrogens with one attached hydrogen (secondary N) is 1. The predicted octanol–water partition coefficient (Wildman–Crippen LogP) is 4.41. The summed E-state index contributed by atoms with van der Waals surface area (Å²) in [5.41, 5.74) is 1.38. The Labute approximate surface area is 188 Å². The van der Waals surface area contributed by atoms with Crippen molar-refractivity contribution in [3.05, 3.63) is 41.6 Å². The molecule has 0 aromatic carbocycles. The Kier molecular flexibility index (Phi) is 8.94. The summed E-state index contributed by atoms with van der Waals surface area (Å²) in [7, 11) is 5.45. The highest BCUT2D eigenvalue weighted by Crippen LogP contribution is 2.40. The molecular formula is C21H25F3N6OS. The van der Waals surface area contributed by atoms with Crippen LogP contribution in [0.4, 0.5) is 24.5 Å². The summed E-state index contributed by atoms with van der Waals surface area (Å²) < 4.78 is 39.0. The van der Waals surface area contributed by atoms with Crippen molar-refractivity contribution >= 4 is 51.4 Å². The van der Waals surface area contributed by atoms with E-state index in [4.69, 9.17) is 0 Å². The first-order valence-electron chi connectivity index (χ1n) is 9.62. The van der Waals surface area contributed by atoms with Crippen LogP contribution < -0.4 is 10.2 Å². The van der Waals surface area contributed by atoms with Crippen LogP contribution in [-0.2, 0) is 0 Å². The summed E-state index contributed by atoms with van der Waals surface area (Å²) >= 11 is 1.25. The molecular weight excluding hydrogens is 441 g/mol.